The van der Waals surface area contributed by atoms with E-state index in [9.17, 15) is 4.79 Å². The zero-order valence-corrected chi connectivity index (χ0v) is 22.4. The molecule has 0 saturated carbocycles. The van der Waals surface area contributed by atoms with Crippen LogP contribution in [0.15, 0.2) is 67.4 Å². The van der Waals surface area contributed by atoms with Crippen molar-refractivity contribution in [2.24, 2.45) is 0 Å². The highest BCUT2D eigenvalue weighted by molar-refractivity contribution is 5.64. The van der Waals surface area contributed by atoms with Gasteiger partial charge in [-0.3, -0.25) is 0 Å². The molecule has 0 aliphatic rings. The molecule has 0 spiro atoms. The molecule has 0 bridgehead atoms. The zero-order valence-electron chi connectivity index (χ0n) is 22.4. The minimum Gasteiger partial charge on any atom is -0.494 e. The molecule has 0 saturated heterocycles. The van der Waals surface area contributed by atoms with Crippen molar-refractivity contribution in [1.82, 2.24) is 15.3 Å². The monoisotopic (exact) mass is 519 g/mol. The number of ether oxygens (including phenoxy) is 3. The normalized spacial score (nSPS) is 11.0. The molecule has 3 rings (SSSR count). The van der Waals surface area contributed by atoms with Gasteiger partial charge in [0.25, 0.3) is 0 Å². The van der Waals surface area contributed by atoms with Gasteiger partial charge in [0.2, 0.25) is 0 Å². The minimum atomic E-state index is -1.02. The maximum absolute atomic E-state index is 10.5. The maximum Gasteiger partial charge on any atom is 0.404 e. The van der Waals surface area contributed by atoms with Crippen LogP contribution in [-0.4, -0.2) is 40.9 Å². The first-order valence-electron chi connectivity index (χ1n) is 13.0. The lowest BCUT2D eigenvalue weighted by Crippen LogP contribution is -2.26. The third-order valence-electron chi connectivity index (χ3n) is 6.55. The predicted octanol–water partition coefficient (Wildman–Crippen LogP) is 6.21. The van der Waals surface area contributed by atoms with Crippen LogP contribution in [0.3, 0.4) is 0 Å². The SMILES string of the molecule is C=C(OCC)c1nccc(COc2ccc(C(CC)(CC)c3ccc(OCCCNC(=O)O)cc3)cc2)n1. The highest BCUT2D eigenvalue weighted by Crippen LogP contribution is 2.40. The first kappa shape index (κ1) is 28.5. The number of hydrogen-bond acceptors (Lipinski definition) is 6. The second kappa shape index (κ2) is 14.0. The van der Waals surface area contributed by atoms with E-state index in [2.05, 4.69) is 60.0 Å². The molecule has 3 aromatic rings. The van der Waals surface area contributed by atoms with Crippen LogP contribution in [0.25, 0.3) is 5.76 Å². The number of benzene rings is 2. The van der Waals surface area contributed by atoms with Crippen LogP contribution in [0.1, 0.15) is 62.7 Å². The summed E-state index contributed by atoms with van der Waals surface area (Å²) in [5.41, 5.74) is 3.06. The largest absolute Gasteiger partial charge is 0.494 e. The molecule has 2 N–H and O–H groups in total. The minimum absolute atomic E-state index is 0.135. The summed E-state index contributed by atoms with van der Waals surface area (Å²) < 4.78 is 17.2. The molecule has 2 aromatic carbocycles. The second-order valence-electron chi connectivity index (χ2n) is 8.79. The third-order valence-corrected chi connectivity index (χ3v) is 6.55. The molecule has 0 unspecified atom stereocenters. The van der Waals surface area contributed by atoms with Crippen molar-refractivity contribution in [1.29, 1.82) is 0 Å². The van der Waals surface area contributed by atoms with Gasteiger partial charge in [-0.25, -0.2) is 14.8 Å². The lowest BCUT2D eigenvalue weighted by molar-refractivity contribution is 0.193. The molecule has 8 nitrogen and oxygen atoms in total. The fourth-order valence-electron chi connectivity index (χ4n) is 4.44. The van der Waals surface area contributed by atoms with Gasteiger partial charge in [0.05, 0.1) is 18.9 Å². The standard InChI is InChI=1S/C30H37N3O5/c1-5-30(6-2,23-9-13-26(14-10-23)37-20-8-18-32-29(34)35)24-11-15-27(16-12-24)38-21-25-17-19-31-28(33-25)22(4)36-7-3/h9-17,19,32H,4-8,18,20-21H2,1-3H3,(H,34,35). The molecule has 0 radical (unpaired) electrons. The van der Waals surface area contributed by atoms with Gasteiger partial charge in [0, 0.05) is 18.2 Å². The summed E-state index contributed by atoms with van der Waals surface area (Å²) in [6.45, 7) is 11.8. The Morgan fingerprint density at radius 3 is 2.11 bits per heavy atom. The van der Waals surface area contributed by atoms with Crippen molar-refractivity contribution in [3.05, 3.63) is 90.0 Å². The number of amides is 1. The predicted molar refractivity (Wildman–Crippen MR) is 147 cm³/mol. The highest BCUT2D eigenvalue weighted by atomic mass is 16.5. The first-order chi connectivity index (χ1) is 18.4. The number of nitrogens with zero attached hydrogens (tertiary/aromatic N) is 2. The summed E-state index contributed by atoms with van der Waals surface area (Å²) in [5, 5.41) is 11.0. The van der Waals surface area contributed by atoms with Crippen LogP contribution in [0, 0.1) is 0 Å². The Hall–Kier alpha value is -4.07. The Bertz CT molecular complexity index is 1180. The fraction of sp³-hybridized carbons (Fsp3) is 0.367. The lowest BCUT2D eigenvalue weighted by Gasteiger charge is -2.33. The van der Waals surface area contributed by atoms with Crippen molar-refractivity contribution >= 4 is 11.9 Å². The fourth-order valence-corrected chi connectivity index (χ4v) is 4.44. The van der Waals surface area contributed by atoms with E-state index in [1.807, 2.05) is 37.3 Å². The quantitative estimate of drug-likeness (QED) is 0.182. The Morgan fingerprint density at radius 2 is 1.55 bits per heavy atom. The van der Waals surface area contributed by atoms with Crippen LogP contribution < -0.4 is 14.8 Å². The maximum atomic E-state index is 10.5. The van der Waals surface area contributed by atoms with E-state index in [4.69, 9.17) is 19.3 Å². The molecule has 38 heavy (non-hydrogen) atoms. The van der Waals surface area contributed by atoms with Crippen molar-refractivity contribution in [3.8, 4) is 11.5 Å². The Morgan fingerprint density at radius 1 is 0.947 bits per heavy atom. The molecule has 0 atom stereocenters. The van der Waals surface area contributed by atoms with Gasteiger partial charge < -0.3 is 24.6 Å². The van der Waals surface area contributed by atoms with Crippen LogP contribution in [0.4, 0.5) is 4.79 Å². The van der Waals surface area contributed by atoms with E-state index in [1.165, 1.54) is 11.1 Å². The van der Waals surface area contributed by atoms with Crippen LogP contribution >= 0.6 is 0 Å². The first-order valence-corrected chi connectivity index (χ1v) is 13.0. The molecule has 0 fully saturated rings. The molecular formula is C30H37N3O5. The number of carboxylic acid groups (broad SMARTS) is 1. The Kier molecular flexibility index (Phi) is 10.5. The summed E-state index contributed by atoms with van der Waals surface area (Å²) in [6.07, 6.45) is 3.15. The van der Waals surface area contributed by atoms with Gasteiger partial charge in [0.15, 0.2) is 11.6 Å². The van der Waals surface area contributed by atoms with E-state index in [0.717, 1.165) is 30.0 Å². The van der Waals surface area contributed by atoms with E-state index < -0.39 is 6.09 Å². The van der Waals surface area contributed by atoms with Crippen molar-refractivity contribution in [3.63, 3.8) is 0 Å². The lowest BCUT2D eigenvalue weighted by atomic mass is 9.70. The second-order valence-corrected chi connectivity index (χ2v) is 8.79. The van der Waals surface area contributed by atoms with Gasteiger partial charge in [0.1, 0.15) is 18.1 Å². The third kappa shape index (κ3) is 7.47. The number of rotatable bonds is 15. The summed E-state index contributed by atoms with van der Waals surface area (Å²) in [7, 11) is 0. The smallest absolute Gasteiger partial charge is 0.404 e. The molecular weight excluding hydrogens is 482 g/mol. The Balaban J connectivity index is 1.65. The molecule has 8 heteroatoms. The summed E-state index contributed by atoms with van der Waals surface area (Å²) in [4.78, 5) is 19.2. The van der Waals surface area contributed by atoms with Crippen molar-refractivity contribution in [2.75, 3.05) is 19.8 Å². The van der Waals surface area contributed by atoms with Crippen molar-refractivity contribution < 1.29 is 24.1 Å². The highest BCUT2D eigenvalue weighted by Gasteiger charge is 2.30. The average molecular weight is 520 g/mol. The zero-order chi connectivity index (χ0) is 27.4. The number of aromatic nitrogens is 2. The summed E-state index contributed by atoms with van der Waals surface area (Å²) in [5.74, 6) is 2.44. The molecule has 202 valence electrons. The number of hydrogen-bond donors (Lipinski definition) is 2. The Labute approximate surface area is 224 Å². The van der Waals surface area contributed by atoms with Gasteiger partial charge in [-0.15, -0.1) is 0 Å². The van der Waals surface area contributed by atoms with Crippen LogP contribution in [0.5, 0.6) is 11.5 Å². The van der Waals surface area contributed by atoms with Crippen LogP contribution in [0.2, 0.25) is 0 Å². The number of carbonyl (C=O) groups is 1. The average Bonchev–Trinajstić information content (AvgIpc) is 2.94. The van der Waals surface area contributed by atoms with E-state index in [0.29, 0.717) is 44.4 Å². The summed E-state index contributed by atoms with van der Waals surface area (Å²) in [6, 6.07) is 18.3. The molecule has 1 heterocycles. The van der Waals surface area contributed by atoms with E-state index >= 15 is 0 Å². The van der Waals surface area contributed by atoms with Crippen LogP contribution in [-0.2, 0) is 16.8 Å². The van der Waals surface area contributed by atoms with Gasteiger partial charge in [-0.2, -0.15) is 0 Å². The van der Waals surface area contributed by atoms with Gasteiger partial charge in [-0.05, 0) is 67.6 Å². The van der Waals surface area contributed by atoms with Gasteiger partial charge in [-0.1, -0.05) is 44.7 Å². The van der Waals surface area contributed by atoms with Gasteiger partial charge >= 0.3 is 6.09 Å². The molecule has 1 amide bonds. The van der Waals surface area contributed by atoms with E-state index in [1.54, 1.807) is 6.20 Å². The molecule has 0 aliphatic carbocycles. The molecule has 0 aliphatic heterocycles. The van der Waals surface area contributed by atoms with Crippen molar-refractivity contribution in [2.45, 2.75) is 52.1 Å². The molecule has 1 aromatic heterocycles. The summed E-state index contributed by atoms with van der Waals surface area (Å²) >= 11 is 0. The topological polar surface area (TPSA) is 103 Å². The number of nitrogens with one attached hydrogen (secondary N) is 1. The van der Waals surface area contributed by atoms with E-state index in [-0.39, 0.29) is 5.41 Å².